The first-order valence-electron chi connectivity index (χ1n) is 6.84. The number of aliphatic hydroxyl groups excluding tert-OH is 1. The lowest BCUT2D eigenvalue weighted by Gasteiger charge is -2.23. The molecule has 1 heterocycles. The number of rotatable bonds is 4. The van der Waals surface area contributed by atoms with E-state index in [0.717, 1.165) is 4.47 Å². The number of fused-ring (bicyclic) bond motifs is 1. The molecule has 0 saturated carbocycles. The van der Waals surface area contributed by atoms with Crippen LogP contribution in [0.1, 0.15) is 20.8 Å². The molecule has 0 radical (unpaired) electrons. The van der Waals surface area contributed by atoms with Crippen LogP contribution >= 0.6 is 15.9 Å². The Balaban J connectivity index is 2.19. The van der Waals surface area contributed by atoms with Crippen LogP contribution < -0.4 is 10.9 Å². The van der Waals surface area contributed by atoms with Gasteiger partial charge < -0.3 is 10.4 Å². The lowest BCUT2D eigenvalue weighted by Crippen LogP contribution is -2.42. The number of aromatic nitrogens is 2. The minimum atomic E-state index is -0.645. The summed E-state index contributed by atoms with van der Waals surface area (Å²) in [5.74, 6) is 0. The van der Waals surface area contributed by atoms with E-state index < -0.39 is 6.10 Å². The molecule has 0 fully saturated rings. The number of benzene rings is 1. The summed E-state index contributed by atoms with van der Waals surface area (Å²) in [5, 5.41) is 13.8. The molecule has 2 aromatic rings. The molecule has 5 nitrogen and oxygen atoms in total. The maximum absolute atomic E-state index is 12.4. The zero-order valence-corrected chi connectivity index (χ0v) is 14.0. The van der Waals surface area contributed by atoms with E-state index in [2.05, 4.69) is 26.2 Å². The molecule has 0 bridgehead atoms. The van der Waals surface area contributed by atoms with E-state index in [1.165, 1.54) is 10.9 Å². The number of hydrogen-bond donors (Lipinski definition) is 2. The second-order valence-corrected chi connectivity index (χ2v) is 7.06. The minimum absolute atomic E-state index is 0.0710. The van der Waals surface area contributed by atoms with Crippen molar-refractivity contribution in [3.63, 3.8) is 0 Å². The van der Waals surface area contributed by atoms with Gasteiger partial charge in [-0.15, -0.1) is 0 Å². The lowest BCUT2D eigenvalue weighted by atomic mass is 10.1. The summed E-state index contributed by atoms with van der Waals surface area (Å²) in [6.45, 7) is 6.73. The Morgan fingerprint density at radius 2 is 2.14 bits per heavy atom. The van der Waals surface area contributed by atoms with Crippen molar-refractivity contribution >= 4 is 26.8 Å². The molecule has 0 spiro atoms. The normalized spacial score (nSPS) is 13.6. The Morgan fingerprint density at radius 1 is 1.43 bits per heavy atom. The zero-order chi connectivity index (χ0) is 15.6. The van der Waals surface area contributed by atoms with Gasteiger partial charge in [-0.3, -0.25) is 9.36 Å². The highest BCUT2D eigenvalue weighted by atomic mass is 79.9. The molecule has 0 aliphatic heterocycles. The van der Waals surface area contributed by atoms with Crippen LogP contribution in [0.25, 0.3) is 10.9 Å². The van der Waals surface area contributed by atoms with Gasteiger partial charge in [0.25, 0.3) is 5.56 Å². The van der Waals surface area contributed by atoms with E-state index in [1.54, 1.807) is 12.1 Å². The molecule has 0 amide bonds. The third-order valence-corrected chi connectivity index (χ3v) is 3.55. The highest BCUT2D eigenvalue weighted by Gasteiger charge is 2.14. The smallest absolute Gasteiger partial charge is 0.261 e. The molecule has 21 heavy (non-hydrogen) atoms. The molecule has 0 aliphatic rings. The number of β-amino-alcohol motifs (C(OH)–C–C–N with tert-alkyl or cyclic N) is 1. The first-order chi connectivity index (χ1) is 9.76. The largest absolute Gasteiger partial charge is 0.390 e. The van der Waals surface area contributed by atoms with Crippen molar-refractivity contribution in [2.45, 2.75) is 39.0 Å². The summed E-state index contributed by atoms with van der Waals surface area (Å²) < 4.78 is 2.28. The molecule has 0 saturated heterocycles. The number of aliphatic hydroxyl groups is 1. The summed E-state index contributed by atoms with van der Waals surface area (Å²) >= 11 is 3.35. The molecule has 1 aromatic carbocycles. The van der Waals surface area contributed by atoms with E-state index in [0.29, 0.717) is 17.4 Å². The number of nitrogens with one attached hydrogen (secondary N) is 1. The highest BCUT2D eigenvalue weighted by molar-refractivity contribution is 9.10. The topological polar surface area (TPSA) is 67.2 Å². The molecule has 1 atom stereocenters. The van der Waals surface area contributed by atoms with E-state index in [1.807, 2.05) is 26.8 Å². The van der Waals surface area contributed by atoms with Crippen LogP contribution in [0, 0.1) is 0 Å². The van der Waals surface area contributed by atoms with E-state index in [9.17, 15) is 9.90 Å². The molecule has 2 N–H and O–H groups in total. The van der Waals surface area contributed by atoms with Crippen LogP contribution in [0.15, 0.2) is 33.8 Å². The van der Waals surface area contributed by atoms with Gasteiger partial charge in [-0.25, -0.2) is 4.98 Å². The molecular weight excluding hydrogens is 334 g/mol. The van der Waals surface area contributed by atoms with Crippen LogP contribution in [-0.2, 0) is 6.54 Å². The summed E-state index contributed by atoms with van der Waals surface area (Å²) in [6, 6.07) is 5.39. The van der Waals surface area contributed by atoms with Crippen molar-refractivity contribution in [1.82, 2.24) is 14.9 Å². The average molecular weight is 354 g/mol. The van der Waals surface area contributed by atoms with Gasteiger partial charge in [-0.2, -0.15) is 0 Å². The van der Waals surface area contributed by atoms with Gasteiger partial charge in [-0.1, -0.05) is 15.9 Å². The molecular formula is C15H20BrN3O2. The Morgan fingerprint density at radius 3 is 2.81 bits per heavy atom. The second-order valence-electron chi connectivity index (χ2n) is 6.15. The standard InChI is InChI=1S/C15H20BrN3O2/c1-15(2,3)18-7-11(20)8-19-9-17-13-5-4-10(16)6-12(13)14(19)21/h4-6,9,11,18,20H,7-8H2,1-3H3. The number of nitrogens with zero attached hydrogens (tertiary/aromatic N) is 2. The van der Waals surface area contributed by atoms with E-state index >= 15 is 0 Å². The highest BCUT2D eigenvalue weighted by Crippen LogP contribution is 2.14. The van der Waals surface area contributed by atoms with Crippen LogP contribution in [0.2, 0.25) is 0 Å². The lowest BCUT2D eigenvalue weighted by molar-refractivity contribution is 0.140. The zero-order valence-electron chi connectivity index (χ0n) is 12.4. The van der Waals surface area contributed by atoms with Gasteiger partial charge in [-0.05, 0) is 39.0 Å². The first kappa shape index (κ1) is 16.1. The van der Waals surface area contributed by atoms with Gasteiger partial charge in [0.1, 0.15) is 0 Å². The van der Waals surface area contributed by atoms with Gasteiger partial charge in [0.15, 0.2) is 0 Å². The van der Waals surface area contributed by atoms with Gasteiger partial charge in [0, 0.05) is 16.6 Å². The van der Waals surface area contributed by atoms with Crippen molar-refractivity contribution in [3.8, 4) is 0 Å². The fourth-order valence-electron chi connectivity index (χ4n) is 1.98. The summed E-state index contributed by atoms with van der Waals surface area (Å²) in [4.78, 5) is 16.6. The summed E-state index contributed by atoms with van der Waals surface area (Å²) in [5.41, 5.74) is 0.441. The predicted molar refractivity (Wildman–Crippen MR) is 87.5 cm³/mol. The number of hydrogen-bond acceptors (Lipinski definition) is 4. The van der Waals surface area contributed by atoms with Crippen LogP contribution in [-0.4, -0.2) is 32.8 Å². The predicted octanol–water partition coefficient (Wildman–Crippen LogP) is 1.91. The van der Waals surface area contributed by atoms with Crippen molar-refractivity contribution < 1.29 is 5.11 Å². The molecule has 1 aromatic heterocycles. The summed E-state index contributed by atoms with van der Waals surface area (Å²) in [6.07, 6.45) is 0.840. The average Bonchev–Trinajstić information content (AvgIpc) is 2.39. The van der Waals surface area contributed by atoms with Gasteiger partial charge in [0.05, 0.1) is 29.9 Å². The van der Waals surface area contributed by atoms with Gasteiger partial charge >= 0.3 is 0 Å². The Hall–Kier alpha value is -1.24. The van der Waals surface area contributed by atoms with E-state index in [4.69, 9.17) is 0 Å². The van der Waals surface area contributed by atoms with Crippen molar-refractivity contribution in [3.05, 3.63) is 39.4 Å². The Kier molecular flexibility index (Phi) is 4.81. The first-order valence-corrected chi connectivity index (χ1v) is 7.63. The third-order valence-electron chi connectivity index (χ3n) is 3.06. The molecule has 114 valence electrons. The minimum Gasteiger partial charge on any atom is -0.390 e. The van der Waals surface area contributed by atoms with Crippen molar-refractivity contribution in [2.24, 2.45) is 0 Å². The van der Waals surface area contributed by atoms with Crippen molar-refractivity contribution in [1.29, 1.82) is 0 Å². The van der Waals surface area contributed by atoms with E-state index in [-0.39, 0.29) is 17.6 Å². The fourth-order valence-corrected chi connectivity index (χ4v) is 2.34. The second kappa shape index (κ2) is 6.25. The Bertz CT molecular complexity index is 691. The maximum Gasteiger partial charge on any atom is 0.261 e. The third kappa shape index (κ3) is 4.36. The monoisotopic (exact) mass is 353 g/mol. The SMILES string of the molecule is CC(C)(C)NCC(O)Cn1cnc2ccc(Br)cc2c1=O. The van der Waals surface area contributed by atoms with Crippen LogP contribution in [0.5, 0.6) is 0 Å². The fraction of sp³-hybridized carbons (Fsp3) is 0.467. The quantitative estimate of drug-likeness (QED) is 0.880. The molecule has 1 unspecified atom stereocenters. The number of halogens is 1. The Labute approximate surface area is 132 Å². The molecule has 2 rings (SSSR count). The van der Waals surface area contributed by atoms with Gasteiger partial charge in [0.2, 0.25) is 0 Å². The van der Waals surface area contributed by atoms with Crippen molar-refractivity contribution in [2.75, 3.05) is 6.54 Å². The molecule has 6 heteroatoms. The maximum atomic E-state index is 12.4. The molecule has 0 aliphatic carbocycles. The van der Waals surface area contributed by atoms with Crippen LogP contribution in [0.4, 0.5) is 0 Å². The summed E-state index contributed by atoms with van der Waals surface area (Å²) in [7, 11) is 0. The van der Waals surface area contributed by atoms with Crippen LogP contribution in [0.3, 0.4) is 0 Å².